The van der Waals surface area contributed by atoms with E-state index >= 15 is 0 Å². The minimum atomic E-state index is -4.54. The summed E-state index contributed by atoms with van der Waals surface area (Å²) in [5.41, 5.74) is 10.3. The average molecular weight is 519 g/mol. The van der Waals surface area contributed by atoms with E-state index in [1.54, 1.807) is 43.6 Å². The molecule has 1 aliphatic carbocycles. The van der Waals surface area contributed by atoms with Gasteiger partial charge in [0.1, 0.15) is 0 Å². The Labute approximate surface area is 219 Å². The van der Waals surface area contributed by atoms with Gasteiger partial charge in [0, 0.05) is 31.3 Å². The zero-order valence-electron chi connectivity index (χ0n) is 21.1. The number of nitrogen functional groups attached to an aromatic ring is 1. The zero-order chi connectivity index (χ0) is 26.7. The molecule has 1 atom stereocenters. The number of nitrogens with zero attached hydrogens (tertiary/aromatic N) is 2. The third-order valence-corrected chi connectivity index (χ3v) is 6.99. The fourth-order valence-electron chi connectivity index (χ4n) is 5.23. The second kappa shape index (κ2) is 10.9. The molecule has 8 heteroatoms. The number of methoxy groups -OCH3 is 1. The Morgan fingerprint density at radius 2 is 1.68 bits per heavy atom. The van der Waals surface area contributed by atoms with E-state index in [0.717, 1.165) is 41.8 Å². The van der Waals surface area contributed by atoms with Crippen molar-refractivity contribution in [2.45, 2.75) is 24.9 Å². The highest BCUT2D eigenvalue weighted by atomic mass is 19.4. The maximum atomic E-state index is 14.8. The van der Waals surface area contributed by atoms with E-state index in [1.165, 1.54) is 0 Å². The molecule has 0 fully saturated rings. The lowest BCUT2D eigenvalue weighted by Crippen LogP contribution is -2.21. The Morgan fingerprint density at radius 3 is 2.45 bits per heavy atom. The molecular weight excluding hydrogens is 489 g/mol. The number of nitrogens with one attached hydrogen (secondary N) is 1. The number of nitrogens with two attached hydrogens (primary N) is 1. The second-order valence-electron chi connectivity index (χ2n) is 9.40. The van der Waals surface area contributed by atoms with Gasteiger partial charge in [0.25, 0.3) is 0 Å². The monoisotopic (exact) mass is 518 g/mol. The Bertz CT molecular complexity index is 1420. The molecule has 1 aliphatic rings. The highest BCUT2D eigenvalue weighted by Crippen LogP contribution is 2.48. The molecule has 3 N–H and O–H groups in total. The largest absolute Gasteiger partial charge is 0.417 e. The van der Waals surface area contributed by atoms with Gasteiger partial charge < -0.3 is 15.8 Å². The SMILES string of the molecule is COCCNCCc1ccc(-c2cccc(C3Cc4cnc(N)nc4-c4ccccc43)c2C(F)(F)F)cc1. The predicted octanol–water partition coefficient (Wildman–Crippen LogP) is 5.88. The van der Waals surface area contributed by atoms with E-state index < -0.39 is 17.7 Å². The topological polar surface area (TPSA) is 73.1 Å². The molecule has 0 amide bonds. The van der Waals surface area contributed by atoms with Crippen molar-refractivity contribution in [3.8, 4) is 22.4 Å². The summed E-state index contributed by atoms with van der Waals surface area (Å²) in [7, 11) is 1.65. The summed E-state index contributed by atoms with van der Waals surface area (Å²) in [6, 6.07) is 19.7. The lowest BCUT2D eigenvalue weighted by Gasteiger charge is -2.30. The molecule has 1 aromatic heterocycles. The molecule has 1 heterocycles. The van der Waals surface area contributed by atoms with E-state index in [0.29, 0.717) is 24.3 Å². The first-order valence-corrected chi connectivity index (χ1v) is 12.6. The van der Waals surface area contributed by atoms with Gasteiger partial charge in [0.2, 0.25) is 5.95 Å². The van der Waals surface area contributed by atoms with Crippen LogP contribution in [-0.2, 0) is 23.8 Å². The maximum Gasteiger partial charge on any atom is 0.417 e. The minimum absolute atomic E-state index is 0.143. The van der Waals surface area contributed by atoms with E-state index in [2.05, 4.69) is 15.3 Å². The van der Waals surface area contributed by atoms with Crippen LogP contribution in [0.5, 0.6) is 0 Å². The third kappa shape index (κ3) is 5.28. The highest BCUT2D eigenvalue weighted by Gasteiger charge is 2.40. The van der Waals surface area contributed by atoms with Crippen molar-refractivity contribution < 1.29 is 17.9 Å². The first-order valence-electron chi connectivity index (χ1n) is 12.6. The van der Waals surface area contributed by atoms with Crippen molar-refractivity contribution in [1.82, 2.24) is 15.3 Å². The second-order valence-corrected chi connectivity index (χ2v) is 9.40. The number of fused-ring (bicyclic) bond motifs is 3. The number of anilines is 1. The zero-order valence-corrected chi connectivity index (χ0v) is 21.1. The van der Waals surface area contributed by atoms with Crippen LogP contribution < -0.4 is 11.1 Å². The Hall–Kier alpha value is -3.75. The summed E-state index contributed by atoms with van der Waals surface area (Å²) in [6.07, 6.45) is -1.78. The molecule has 38 heavy (non-hydrogen) atoms. The van der Waals surface area contributed by atoms with Crippen LogP contribution in [-0.4, -0.2) is 36.8 Å². The molecule has 0 aliphatic heterocycles. The van der Waals surface area contributed by atoms with Gasteiger partial charge in [-0.15, -0.1) is 0 Å². The Balaban J connectivity index is 1.53. The molecule has 5 rings (SSSR count). The van der Waals surface area contributed by atoms with Gasteiger partial charge >= 0.3 is 6.18 Å². The number of aromatic nitrogens is 2. The lowest BCUT2D eigenvalue weighted by molar-refractivity contribution is -0.137. The number of alkyl halides is 3. The molecule has 4 aromatic rings. The van der Waals surface area contributed by atoms with Crippen molar-refractivity contribution in [2.75, 3.05) is 32.5 Å². The number of rotatable bonds is 8. The fraction of sp³-hybridized carbons (Fsp3) is 0.267. The molecule has 0 saturated heterocycles. The van der Waals surface area contributed by atoms with Crippen LogP contribution in [0.3, 0.4) is 0 Å². The van der Waals surface area contributed by atoms with Crippen molar-refractivity contribution in [3.63, 3.8) is 0 Å². The standard InChI is InChI=1S/C30H29F3N4O/c1-38-16-15-35-14-13-19-9-11-20(12-10-19)22-7-4-8-24(27(22)30(31,32)33)26-17-21-18-36-29(34)37-28(21)25-6-3-2-5-23(25)26/h2-12,18,26,35H,13-17H2,1H3,(H2,34,36,37). The molecule has 0 radical (unpaired) electrons. The van der Waals surface area contributed by atoms with E-state index in [1.807, 2.05) is 36.4 Å². The Kier molecular flexibility index (Phi) is 7.44. The number of benzene rings is 3. The van der Waals surface area contributed by atoms with Crippen LogP contribution in [0.4, 0.5) is 19.1 Å². The van der Waals surface area contributed by atoms with Crippen molar-refractivity contribution in [3.05, 3.63) is 101 Å². The minimum Gasteiger partial charge on any atom is -0.383 e. The van der Waals surface area contributed by atoms with Gasteiger partial charge in [-0.25, -0.2) is 9.97 Å². The molecule has 1 unspecified atom stereocenters. The van der Waals surface area contributed by atoms with Crippen molar-refractivity contribution >= 4 is 5.95 Å². The summed E-state index contributed by atoms with van der Waals surface area (Å²) < 4.78 is 49.3. The van der Waals surface area contributed by atoms with Crippen molar-refractivity contribution in [2.24, 2.45) is 0 Å². The molecule has 0 bridgehead atoms. The number of halogens is 3. The van der Waals surface area contributed by atoms with Crippen molar-refractivity contribution in [1.29, 1.82) is 0 Å². The summed E-state index contributed by atoms with van der Waals surface area (Å²) in [4.78, 5) is 8.50. The first kappa shape index (κ1) is 25.9. The number of hydrogen-bond donors (Lipinski definition) is 2. The molecule has 3 aromatic carbocycles. The molecule has 0 spiro atoms. The van der Waals surface area contributed by atoms with Crippen LogP contribution in [0.15, 0.2) is 72.9 Å². The quantitative estimate of drug-likeness (QED) is 0.285. The Morgan fingerprint density at radius 1 is 0.947 bits per heavy atom. The molecule has 5 nitrogen and oxygen atoms in total. The molecule has 196 valence electrons. The van der Waals surface area contributed by atoms with Gasteiger partial charge in [0.15, 0.2) is 0 Å². The van der Waals surface area contributed by atoms with Gasteiger partial charge in [-0.3, -0.25) is 0 Å². The summed E-state index contributed by atoms with van der Waals surface area (Å²) in [6.45, 7) is 2.15. The highest BCUT2D eigenvalue weighted by molar-refractivity contribution is 5.75. The third-order valence-electron chi connectivity index (χ3n) is 6.99. The van der Waals surface area contributed by atoms with Gasteiger partial charge in [0.05, 0.1) is 17.9 Å². The first-order chi connectivity index (χ1) is 18.4. The smallest absolute Gasteiger partial charge is 0.383 e. The van der Waals surface area contributed by atoms with Crippen LogP contribution in [0.2, 0.25) is 0 Å². The van der Waals surface area contributed by atoms with E-state index in [4.69, 9.17) is 10.5 Å². The average Bonchev–Trinajstić information content (AvgIpc) is 2.92. The van der Waals surface area contributed by atoms with Gasteiger partial charge in [-0.2, -0.15) is 13.2 Å². The number of ether oxygens (including phenoxy) is 1. The normalized spacial score (nSPS) is 14.7. The van der Waals surface area contributed by atoms with E-state index in [9.17, 15) is 13.2 Å². The summed E-state index contributed by atoms with van der Waals surface area (Å²) >= 11 is 0. The molecular formula is C30H29F3N4O. The van der Waals surface area contributed by atoms with Crippen LogP contribution in [0, 0.1) is 0 Å². The summed E-state index contributed by atoms with van der Waals surface area (Å²) in [5.74, 6) is -0.357. The fourth-order valence-corrected chi connectivity index (χ4v) is 5.23. The van der Waals surface area contributed by atoms with E-state index in [-0.39, 0.29) is 17.1 Å². The maximum absolute atomic E-state index is 14.8. The van der Waals surface area contributed by atoms with Gasteiger partial charge in [-0.1, -0.05) is 66.7 Å². The predicted molar refractivity (Wildman–Crippen MR) is 143 cm³/mol. The number of hydrogen-bond acceptors (Lipinski definition) is 5. The molecule has 0 saturated carbocycles. The van der Waals surface area contributed by atoms with Crippen LogP contribution in [0.1, 0.15) is 33.7 Å². The van der Waals surface area contributed by atoms with Crippen LogP contribution >= 0.6 is 0 Å². The lowest BCUT2D eigenvalue weighted by atomic mass is 9.75. The summed E-state index contributed by atoms with van der Waals surface area (Å²) in [5, 5.41) is 3.28. The van der Waals surface area contributed by atoms with Gasteiger partial charge in [-0.05, 0) is 52.8 Å². The van der Waals surface area contributed by atoms with Crippen LogP contribution in [0.25, 0.3) is 22.4 Å².